The molecule has 2 aliphatic heterocycles. The van der Waals surface area contributed by atoms with E-state index in [1.165, 1.54) is 18.1 Å². The highest BCUT2D eigenvalue weighted by Crippen LogP contribution is 2.53. The molecule has 0 aliphatic carbocycles. The average Bonchev–Trinajstić information content (AvgIpc) is 3.38. The first kappa shape index (κ1) is 35.1. The standard InChI is InChI=1S/C39H38Cl2FNO6/c1-4-38(46,26-18-20-48-21-19-26)28-22-32-34(33(42)23-28)39(47-3,27-12-16-30(41)17-13-27)43(36(32)44)35(25-10-14-29(40)15-11-25)24(2)37(45)49-31-8-6-5-7-9-31/h5-17,22-24,26,35,46H,4,18-21H2,1-3H3/t24-,35-,38?,39+/m0/s1. The molecule has 0 radical (unpaired) electrons. The maximum Gasteiger partial charge on any atom is 0.316 e. The summed E-state index contributed by atoms with van der Waals surface area (Å²) in [5, 5.41) is 13.0. The molecule has 4 aromatic rings. The minimum atomic E-state index is -1.85. The van der Waals surface area contributed by atoms with Crippen LogP contribution in [0.4, 0.5) is 4.39 Å². The fourth-order valence-corrected chi connectivity index (χ4v) is 7.67. The molecule has 4 aromatic carbocycles. The van der Waals surface area contributed by atoms with Crippen molar-refractivity contribution in [1.29, 1.82) is 0 Å². The van der Waals surface area contributed by atoms with E-state index >= 15 is 9.18 Å². The number of nitrogens with zero attached hydrogens (tertiary/aromatic N) is 1. The van der Waals surface area contributed by atoms with Crippen LogP contribution in [0.3, 0.4) is 0 Å². The number of carbonyl (C=O) groups is 2. The van der Waals surface area contributed by atoms with Crippen LogP contribution in [0.15, 0.2) is 91.0 Å². The van der Waals surface area contributed by atoms with E-state index in [1.807, 2.05) is 6.92 Å². The van der Waals surface area contributed by atoms with Gasteiger partial charge < -0.3 is 19.3 Å². The molecule has 1 unspecified atom stereocenters. The van der Waals surface area contributed by atoms with Crippen molar-refractivity contribution in [3.05, 3.63) is 135 Å². The molecule has 0 saturated carbocycles. The first-order chi connectivity index (χ1) is 23.5. The topological polar surface area (TPSA) is 85.3 Å². The lowest BCUT2D eigenvalue weighted by atomic mass is 9.74. The van der Waals surface area contributed by atoms with Crippen molar-refractivity contribution >= 4 is 35.1 Å². The maximum atomic E-state index is 17.0. The van der Waals surface area contributed by atoms with Gasteiger partial charge in [0.2, 0.25) is 0 Å². The Kier molecular flexibility index (Phi) is 10.2. The largest absolute Gasteiger partial charge is 0.426 e. The Morgan fingerprint density at radius 1 is 1.02 bits per heavy atom. The molecular weight excluding hydrogens is 668 g/mol. The highest BCUT2D eigenvalue weighted by Gasteiger charge is 2.58. The summed E-state index contributed by atoms with van der Waals surface area (Å²) >= 11 is 12.6. The molecule has 0 bridgehead atoms. The van der Waals surface area contributed by atoms with Crippen LogP contribution in [0.2, 0.25) is 10.0 Å². The minimum Gasteiger partial charge on any atom is -0.426 e. The number of amides is 1. The fraction of sp³-hybridized carbons (Fsp3) is 0.333. The highest BCUT2D eigenvalue weighted by atomic mass is 35.5. The number of benzene rings is 4. The number of fused-ring (bicyclic) bond motifs is 1. The summed E-state index contributed by atoms with van der Waals surface area (Å²) < 4.78 is 34.7. The number of esters is 1. The number of hydrogen-bond acceptors (Lipinski definition) is 6. The van der Waals surface area contributed by atoms with Gasteiger partial charge in [-0.15, -0.1) is 0 Å². The number of halogens is 3. The number of para-hydroxylation sites is 1. The summed E-state index contributed by atoms with van der Waals surface area (Å²) in [6.45, 7) is 4.47. The molecule has 2 aliphatic rings. The molecule has 256 valence electrons. The molecule has 10 heteroatoms. The zero-order valence-corrected chi connectivity index (χ0v) is 29.0. The second-order valence-electron chi connectivity index (χ2n) is 12.6. The third-order valence-electron chi connectivity index (χ3n) is 9.98. The molecule has 4 atom stereocenters. The van der Waals surface area contributed by atoms with Crippen molar-refractivity contribution in [2.24, 2.45) is 11.8 Å². The average molecular weight is 707 g/mol. The zero-order valence-electron chi connectivity index (χ0n) is 27.5. The SMILES string of the molecule is CCC(O)(c1cc(F)c2c(c1)C(=O)N([C@H](c1ccc(Cl)cc1)[C@H](C)C(=O)Oc1ccccc1)[C@@]2(OC)c1ccc(Cl)cc1)C1CCOCC1. The molecule has 1 fully saturated rings. The Hall–Kier alpha value is -3.79. The maximum absolute atomic E-state index is 17.0. The summed E-state index contributed by atoms with van der Waals surface area (Å²) in [4.78, 5) is 30.4. The third kappa shape index (κ3) is 6.26. The first-order valence-corrected chi connectivity index (χ1v) is 17.1. The molecule has 6 rings (SSSR count). The number of aliphatic hydroxyl groups is 1. The van der Waals surface area contributed by atoms with E-state index in [0.717, 1.165) is 0 Å². The van der Waals surface area contributed by atoms with Gasteiger partial charge in [0.05, 0.1) is 28.7 Å². The molecule has 1 saturated heterocycles. The van der Waals surface area contributed by atoms with Crippen LogP contribution < -0.4 is 4.74 Å². The molecule has 1 N–H and O–H groups in total. The van der Waals surface area contributed by atoms with Crippen molar-refractivity contribution in [1.82, 2.24) is 4.90 Å². The second-order valence-corrected chi connectivity index (χ2v) is 13.5. The fourth-order valence-electron chi connectivity index (χ4n) is 7.41. The van der Waals surface area contributed by atoms with Gasteiger partial charge in [0.25, 0.3) is 5.91 Å². The van der Waals surface area contributed by atoms with Crippen LogP contribution in [0.25, 0.3) is 0 Å². The lowest BCUT2D eigenvalue weighted by Gasteiger charge is -2.44. The van der Waals surface area contributed by atoms with E-state index in [1.54, 1.807) is 91.9 Å². The van der Waals surface area contributed by atoms with Crippen LogP contribution in [-0.2, 0) is 25.6 Å². The van der Waals surface area contributed by atoms with Crippen molar-refractivity contribution in [3.63, 3.8) is 0 Å². The van der Waals surface area contributed by atoms with Crippen LogP contribution in [0, 0.1) is 17.7 Å². The summed E-state index contributed by atoms with van der Waals surface area (Å²) in [6, 6.07) is 23.9. The molecule has 0 spiro atoms. The van der Waals surface area contributed by atoms with Crippen molar-refractivity contribution in [3.8, 4) is 5.75 Å². The van der Waals surface area contributed by atoms with Gasteiger partial charge in [-0.1, -0.05) is 72.6 Å². The van der Waals surface area contributed by atoms with E-state index in [0.29, 0.717) is 65.0 Å². The van der Waals surface area contributed by atoms with Crippen molar-refractivity contribution in [2.75, 3.05) is 20.3 Å². The van der Waals surface area contributed by atoms with Gasteiger partial charge in [0.1, 0.15) is 11.6 Å². The molecular formula is C39H38Cl2FNO6. The van der Waals surface area contributed by atoms with E-state index < -0.39 is 41.0 Å². The van der Waals surface area contributed by atoms with Gasteiger partial charge >= 0.3 is 5.97 Å². The Balaban J connectivity index is 1.57. The van der Waals surface area contributed by atoms with E-state index in [-0.39, 0.29) is 17.0 Å². The quantitative estimate of drug-likeness (QED) is 0.132. The third-order valence-corrected chi connectivity index (χ3v) is 10.5. The van der Waals surface area contributed by atoms with Crippen molar-refractivity contribution < 1.29 is 33.3 Å². The number of hydrogen-bond donors (Lipinski definition) is 1. The zero-order chi connectivity index (χ0) is 34.9. The van der Waals surface area contributed by atoms with E-state index in [9.17, 15) is 9.90 Å². The first-order valence-electron chi connectivity index (χ1n) is 16.4. The number of ether oxygens (including phenoxy) is 3. The van der Waals surface area contributed by atoms with Gasteiger partial charge in [-0.3, -0.25) is 14.5 Å². The Bertz CT molecular complexity index is 1820. The predicted molar refractivity (Wildman–Crippen MR) is 185 cm³/mol. The number of rotatable bonds is 10. The van der Waals surface area contributed by atoms with Gasteiger partial charge in [-0.25, -0.2) is 4.39 Å². The van der Waals surface area contributed by atoms with E-state index in [2.05, 4.69) is 0 Å². The molecule has 7 nitrogen and oxygen atoms in total. The smallest absolute Gasteiger partial charge is 0.316 e. The molecule has 0 aromatic heterocycles. The minimum absolute atomic E-state index is 0.0216. The van der Waals surface area contributed by atoms with E-state index in [4.69, 9.17) is 37.4 Å². The van der Waals surface area contributed by atoms with Crippen molar-refractivity contribution in [2.45, 2.75) is 50.5 Å². The Morgan fingerprint density at radius 3 is 2.22 bits per heavy atom. The van der Waals surface area contributed by atoms with Gasteiger partial charge in [0, 0.05) is 35.9 Å². The molecule has 1 amide bonds. The Morgan fingerprint density at radius 2 is 1.63 bits per heavy atom. The Labute approximate surface area is 295 Å². The second kappa shape index (κ2) is 14.2. The van der Waals surface area contributed by atoms with Crippen LogP contribution >= 0.6 is 23.2 Å². The normalized spacial score (nSPS) is 20.4. The molecule has 2 heterocycles. The summed E-state index contributed by atoms with van der Waals surface area (Å²) in [5.41, 5.74) is -2.01. The van der Waals surface area contributed by atoms with Crippen LogP contribution in [-0.4, -0.2) is 42.2 Å². The van der Waals surface area contributed by atoms with Gasteiger partial charge in [0.15, 0.2) is 5.72 Å². The number of methoxy groups -OCH3 is 1. The predicted octanol–water partition coefficient (Wildman–Crippen LogP) is 8.44. The summed E-state index contributed by atoms with van der Waals surface area (Å²) in [6.07, 6.45) is 1.49. The monoisotopic (exact) mass is 705 g/mol. The van der Waals surface area contributed by atoms with Crippen LogP contribution in [0.5, 0.6) is 5.75 Å². The lowest BCUT2D eigenvalue weighted by Crippen LogP contribution is -2.51. The highest BCUT2D eigenvalue weighted by molar-refractivity contribution is 6.30. The lowest BCUT2D eigenvalue weighted by molar-refractivity contribution is -0.147. The van der Waals surface area contributed by atoms with Gasteiger partial charge in [-0.2, -0.15) is 0 Å². The summed E-state index contributed by atoms with van der Waals surface area (Å²) in [7, 11) is 1.40. The van der Waals surface area contributed by atoms with Gasteiger partial charge in [-0.05, 0) is 91.8 Å². The molecule has 49 heavy (non-hydrogen) atoms. The summed E-state index contributed by atoms with van der Waals surface area (Å²) in [5.74, 6) is -2.78. The van der Waals surface area contributed by atoms with Crippen LogP contribution in [0.1, 0.15) is 71.8 Å². The number of carbonyl (C=O) groups excluding carboxylic acids is 2.